The van der Waals surface area contributed by atoms with E-state index < -0.39 is 0 Å². The van der Waals surface area contributed by atoms with Gasteiger partial charge in [-0.15, -0.1) is 0 Å². The van der Waals surface area contributed by atoms with Gasteiger partial charge in [0.15, 0.2) is 16.6 Å². The summed E-state index contributed by atoms with van der Waals surface area (Å²) in [6, 6.07) is 1.75. The molecule has 0 aliphatic heterocycles. The molecule has 0 bridgehead atoms. The smallest absolute Gasteiger partial charge is 0.267 e. The molecule has 0 aliphatic rings. The molecular weight excluding hydrogens is 336 g/mol. The Hall–Kier alpha value is -2.22. The summed E-state index contributed by atoms with van der Waals surface area (Å²) in [6.07, 6.45) is 5.23. The maximum absolute atomic E-state index is 12.9. The van der Waals surface area contributed by atoms with Gasteiger partial charge in [0.05, 0.1) is 0 Å². The number of hydrogen-bond donors (Lipinski definition) is 0. The molecule has 0 fully saturated rings. The molecule has 3 heterocycles. The monoisotopic (exact) mass is 358 g/mol. The van der Waals surface area contributed by atoms with Crippen molar-refractivity contribution in [2.24, 2.45) is 0 Å². The van der Waals surface area contributed by atoms with Crippen molar-refractivity contribution in [2.45, 2.75) is 51.2 Å². The van der Waals surface area contributed by atoms with Crippen LogP contribution < -0.4 is 5.56 Å². The van der Waals surface area contributed by atoms with Crippen LogP contribution in [-0.4, -0.2) is 35.6 Å². The predicted molar refractivity (Wildman–Crippen MR) is 99.6 cm³/mol. The van der Waals surface area contributed by atoms with E-state index in [-0.39, 0.29) is 17.0 Å². The van der Waals surface area contributed by atoms with Crippen LogP contribution in [0.2, 0.25) is 0 Å². The van der Waals surface area contributed by atoms with E-state index >= 15 is 0 Å². The van der Waals surface area contributed by atoms with Crippen LogP contribution in [0.25, 0.3) is 16.9 Å². The molecule has 0 saturated carbocycles. The first kappa shape index (κ1) is 17.6. The molecule has 0 radical (unpaired) electrons. The van der Waals surface area contributed by atoms with Gasteiger partial charge in [0.1, 0.15) is 11.2 Å². The minimum Gasteiger partial charge on any atom is -0.267 e. The number of rotatable bonds is 3. The Bertz CT molecular complexity index is 983. The normalized spacial score (nSPS) is 12.3. The lowest BCUT2D eigenvalue weighted by atomic mass is 9.96. The zero-order valence-corrected chi connectivity index (χ0v) is 16.1. The molecule has 0 aliphatic carbocycles. The second kappa shape index (κ2) is 6.25. The van der Waals surface area contributed by atoms with Gasteiger partial charge >= 0.3 is 0 Å². The fraction of sp³-hybridized carbons (Fsp3) is 0.471. The molecule has 3 rings (SSSR count). The van der Waals surface area contributed by atoms with Crippen LogP contribution >= 0.6 is 11.8 Å². The number of nitrogens with zero attached hydrogens (tertiary/aromatic N) is 6. The fourth-order valence-electron chi connectivity index (χ4n) is 2.60. The number of aromatic nitrogens is 6. The molecule has 3 aromatic rings. The van der Waals surface area contributed by atoms with E-state index in [2.05, 4.69) is 35.7 Å². The Labute approximate surface area is 150 Å². The second-order valence-corrected chi connectivity index (χ2v) is 7.91. The van der Waals surface area contributed by atoms with Crippen LogP contribution in [0.15, 0.2) is 28.4 Å². The highest BCUT2D eigenvalue weighted by molar-refractivity contribution is 7.98. The standard InChI is InChI=1S/C17H22N6OS/c1-10(2)22-14(24)11-9-19-16(25-6)21-13(11)23(22)12-7-8-18-15(20-12)17(3,4)5/h7-10H,1-6H3. The molecule has 0 amide bonds. The van der Waals surface area contributed by atoms with Crippen LogP contribution in [0.5, 0.6) is 0 Å². The van der Waals surface area contributed by atoms with Crippen LogP contribution in [-0.2, 0) is 5.41 Å². The van der Waals surface area contributed by atoms with E-state index in [1.54, 1.807) is 27.8 Å². The predicted octanol–water partition coefficient (Wildman–Crippen LogP) is 2.97. The largest absolute Gasteiger partial charge is 0.278 e. The number of hydrogen-bond acceptors (Lipinski definition) is 6. The highest BCUT2D eigenvalue weighted by Gasteiger charge is 2.22. The molecule has 132 valence electrons. The van der Waals surface area contributed by atoms with Gasteiger partial charge in [0.2, 0.25) is 0 Å². The first-order chi connectivity index (χ1) is 11.7. The highest BCUT2D eigenvalue weighted by Crippen LogP contribution is 2.22. The maximum atomic E-state index is 12.9. The van der Waals surface area contributed by atoms with Crippen molar-refractivity contribution in [3.05, 3.63) is 34.6 Å². The fourth-order valence-corrected chi connectivity index (χ4v) is 2.93. The Morgan fingerprint density at radius 3 is 2.48 bits per heavy atom. The van der Waals surface area contributed by atoms with Gasteiger partial charge in [-0.1, -0.05) is 32.5 Å². The Kier molecular flexibility index (Phi) is 4.40. The molecule has 0 saturated heterocycles. The quantitative estimate of drug-likeness (QED) is 0.529. The van der Waals surface area contributed by atoms with Crippen molar-refractivity contribution in [3.8, 4) is 5.82 Å². The van der Waals surface area contributed by atoms with Gasteiger partial charge in [0.25, 0.3) is 5.56 Å². The van der Waals surface area contributed by atoms with Crippen molar-refractivity contribution in [1.29, 1.82) is 0 Å². The van der Waals surface area contributed by atoms with Gasteiger partial charge < -0.3 is 0 Å². The van der Waals surface area contributed by atoms with Gasteiger partial charge in [-0.3, -0.25) is 4.79 Å². The van der Waals surface area contributed by atoms with Gasteiger partial charge in [-0.05, 0) is 20.1 Å². The topological polar surface area (TPSA) is 78.5 Å². The first-order valence-electron chi connectivity index (χ1n) is 8.12. The van der Waals surface area contributed by atoms with Crippen molar-refractivity contribution in [1.82, 2.24) is 29.3 Å². The average Bonchev–Trinajstić information content (AvgIpc) is 2.86. The summed E-state index contributed by atoms with van der Waals surface area (Å²) in [4.78, 5) is 30.7. The number of thioether (sulfide) groups is 1. The van der Waals surface area contributed by atoms with Crippen LogP contribution in [0.3, 0.4) is 0 Å². The van der Waals surface area contributed by atoms with Crippen molar-refractivity contribution in [3.63, 3.8) is 0 Å². The van der Waals surface area contributed by atoms with E-state index in [1.807, 2.05) is 20.1 Å². The van der Waals surface area contributed by atoms with E-state index in [0.29, 0.717) is 27.8 Å². The molecular formula is C17H22N6OS. The summed E-state index contributed by atoms with van der Waals surface area (Å²) >= 11 is 1.44. The van der Waals surface area contributed by atoms with Gasteiger partial charge in [-0.25, -0.2) is 29.3 Å². The van der Waals surface area contributed by atoms with Gasteiger partial charge in [0, 0.05) is 29.9 Å². The summed E-state index contributed by atoms with van der Waals surface area (Å²) < 4.78 is 3.44. The van der Waals surface area contributed by atoms with E-state index in [9.17, 15) is 4.79 Å². The molecule has 25 heavy (non-hydrogen) atoms. The molecule has 8 heteroatoms. The van der Waals surface area contributed by atoms with Crippen molar-refractivity contribution >= 4 is 22.8 Å². The van der Waals surface area contributed by atoms with Crippen molar-refractivity contribution < 1.29 is 0 Å². The molecule has 7 nitrogen and oxygen atoms in total. The Morgan fingerprint density at radius 1 is 1.16 bits per heavy atom. The van der Waals surface area contributed by atoms with Crippen LogP contribution in [0, 0.1) is 0 Å². The Balaban J connectivity index is 2.38. The molecule has 0 aromatic carbocycles. The average molecular weight is 358 g/mol. The summed E-state index contributed by atoms with van der Waals surface area (Å²) in [7, 11) is 0. The minimum atomic E-state index is -0.193. The van der Waals surface area contributed by atoms with Crippen LogP contribution in [0.4, 0.5) is 0 Å². The van der Waals surface area contributed by atoms with E-state index in [1.165, 1.54) is 11.8 Å². The van der Waals surface area contributed by atoms with E-state index in [0.717, 1.165) is 0 Å². The molecule has 0 N–H and O–H groups in total. The highest BCUT2D eigenvalue weighted by atomic mass is 32.2. The number of fused-ring (bicyclic) bond motifs is 1. The van der Waals surface area contributed by atoms with E-state index in [4.69, 9.17) is 4.98 Å². The summed E-state index contributed by atoms with van der Waals surface area (Å²) in [5.74, 6) is 1.35. The summed E-state index contributed by atoms with van der Waals surface area (Å²) in [5, 5.41) is 1.11. The zero-order valence-electron chi connectivity index (χ0n) is 15.3. The third-order valence-electron chi connectivity index (χ3n) is 3.80. The summed E-state index contributed by atoms with van der Waals surface area (Å²) in [5.41, 5.74) is 0.256. The van der Waals surface area contributed by atoms with Crippen LogP contribution in [0.1, 0.15) is 46.5 Å². The lowest BCUT2D eigenvalue weighted by Gasteiger charge is -2.19. The van der Waals surface area contributed by atoms with Gasteiger partial charge in [-0.2, -0.15) is 0 Å². The zero-order chi connectivity index (χ0) is 18.4. The first-order valence-corrected chi connectivity index (χ1v) is 9.34. The third-order valence-corrected chi connectivity index (χ3v) is 4.36. The summed E-state index contributed by atoms with van der Waals surface area (Å²) in [6.45, 7) is 10.1. The molecule has 0 spiro atoms. The third kappa shape index (κ3) is 3.06. The van der Waals surface area contributed by atoms with Crippen molar-refractivity contribution in [2.75, 3.05) is 6.26 Å². The SMILES string of the molecule is CSc1ncc2c(=O)n(C(C)C)n(-c3ccnc(C(C)(C)C)n3)c2n1. The maximum Gasteiger partial charge on any atom is 0.278 e. The Morgan fingerprint density at radius 2 is 1.88 bits per heavy atom. The molecule has 0 atom stereocenters. The molecule has 3 aromatic heterocycles. The second-order valence-electron chi connectivity index (χ2n) is 7.14. The minimum absolute atomic E-state index is 0.0486. The lowest BCUT2D eigenvalue weighted by Crippen LogP contribution is -2.25. The lowest BCUT2D eigenvalue weighted by molar-refractivity contribution is 0.466. The molecule has 0 unspecified atom stereocenters.